The highest BCUT2D eigenvalue weighted by molar-refractivity contribution is 5.91. The molecule has 5 rings (SSSR count). The second-order valence-electron chi connectivity index (χ2n) is 7.94. The Morgan fingerprint density at radius 3 is 2.78 bits per heavy atom. The van der Waals surface area contributed by atoms with Gasteiger partial charge in [0.2, 0.25) is 0 Å². The zero-order valence-electron chi connectivity index (χ0n) is 17.9. The fraction of sp³-hybridized carbons (Fsp3) is 0.280. The van der Waals surface area contributed by atoms with Crippen molar-refractivity contribution in [1.82, 2.24) is 14.9 Å². The Hall–Kier alpha value is -3.74. The summed E-state index contributed by atoms with van der Waals surface area (Å²) in [5, 5.41) is 0. The summed E-state index contributed by atoms with van der Waals surface area (Å²) in [6.07, 6.45) is 1.93. The van der Waals surface area contributed by atoms with Crippen LogP contribution >= 0.6 is 0 Å². The maximum absolute atomic E-state index is 13.1. The lowest BCUT2D eigenvalue weighted by atomic mass is 9.97. The third-order valence-electron chi connectivity index (χ3n) is 5.81. The molecule has 2 aromatic carbocycles. The summed E-state index contributed by atoms with van der Waals surface area (Å²) in [6, 6.07) is 18.9. The SMILES string of the molecule is COc1ccccc1OCc1ccc(C(=O)N2CCCC(c3nc4ccccc4[nH]3)C2)o1. The number of furan rings is 1. The number of nitrogens with zero attached hydrogens (tertiary/aromatic N) is 2. The van der Waals surface area contributed by atoms with Crippen LogP contribution in [-0.2, 0) is 6.61 Å². The molecule has 1 fully saturated rings. The van der Waals surface area contributed by atoms with Gasteiger partial charge >= 0.3 is 0 Å². The van der Waals surface area contributed by atoms with Crippen molar-refractivity contribution in [1.29, 1.82) is 0 Å². The highest BCUT2D eigenvalue weighted by Crippen LogP contribution is 2.29. The van der Waals surface area contributed by atoms with Gasteiger partial charge in [0.1, 0.15) is 18.2 Å². The Kier molecular flexibility index (Phi) is 5.54. The summed E-state index contributed by atoms with van der Waals surface area (Å²) in [6.45, 7) is 1.55. The average Bonchev–Trinajstić information content (AvgIpc) is 3.50. The van der Waals surface area contributed by atoms with Gasteiger partial charge in [-0.05, 0) is 49.2 Å². The number of H-pyrrole nitrogens is 1. The minimum Gasteiger partial charge on any atom is -0.493 e. The van der Waals surface area contributed by atoms with Crippen LogP contribution in [0.25, 0.3) is 11.0 Å². The van der Waals surface area contributed by atoms with Gasteiger partial charge in [-0.2, -0.15) is 0 Å². The molecule has 0 aliphatic carbocycles. The lowest BCUT2D eigenvalue weighted by Gasteiger charge is -2.31. The highest BCUT2D eigenvalue weighted by atomic mass is 16.5. The number of piperidine rings is 1. The largest absolute Gasteiger partial charge is 0.493 e. The van der Waals surface area contributed by atoms with Gasteiger partial charge < -0.3 is 23.8 Å². The van der Waals surface area contributed by atoms with Crippen LogP contribution in [0, 0.1) is 0 Å². The molecule has 1 N–H and O–H groups in total. The summed E-state index contributed by atoms with van der Waals surface area (Å²) in [5.41, 5.74) is 1.98. The van der Waals surface area contributed by atoms with Crippen molar-refractivity contribution in [2.24, 2.45) is 0 Å². The van der Waals surface area contributed by atoms with E-state index in [0.29, 0.717) is 36.1 Å². The van der Waals surface area contributed by atoms with Crippen molar-refractivity contribution < 1.29 is 18.7 Å². The molecule has 0 spiro atoms. The molecule has 0 bridgehead atoms. The molecule has 1 atom stereocenters. The van der Waals surface area contributed by atoms with E-state index in [9.17, 15) is 4.79 Å². The van der Waals surface area contributed by atoms with E-state index in [0.717, 1.165) is 29.7 Å². The number of ether oxygens (including phenoxy) is 2. The number of likely N-dealkylation sites (tertiary alicyclic amines) is 1. The van der Waals surface area contributed by atoms with Crippen molar-refractivity contribution in [3.05, 3.63) is 78.0 Å². The van der Waals surface area contributed by atoms with Crippen LogP contribution < -0.4 is 9.47 Å². The molecular weight excluding hydrogens is 406 g/mol. The molecule has 164 valence electrons. The molecule has 7 heteroatoms. The molecule has 32 heavy (non-hydrogen) atoms. The predicted molar refractivity (Wildman–Crippen MR) is 120 cm³/mol. The Bertz CT molecular complexity index is 1200. The summed E-state index contributed by atoms with van der Waals surface area (Å²) >= 11 is 0. The fourth-order valence-corrected chi connectivity index (χ4v) is 4.16. The first-order valence-corrected chi connectivity index (χ1v) is 10.8. The van der Waals surface area contributed by atoms with Gasteiger partial charge in [0.05, 0.1) is 18.1 Å². The molecule has 2 aromatic heterocycles. The van der Waals surface area contributed by atoms with Crippen molar-refractivity contribution in [2.45, 2.75) is 25.4 Å². The number of methoxy groups -OCH3 is 1. The molecule has 1 amide bonds. The molecule has 7 nitrogen and oxygen atoms in total. The minimum absolute atomic E-state index is 0.102. The molecule has 1 unspecified atom stereocenters. The maximum atomic E-state index is 13.1. The van der Waals surface area contributed by atoms with Gasteiger partial charge in [-0.15, -0.1) is 0 Å². The molecule has 1 saturated heterocycles. The van der Waals surface area contributed by atoms with Crippen molar-refractivity contribution in [3.8, 4) is 11.5 Å². The molecular formula is C25H25N3O4. The number of aromatic nitrogens is 2. The number of aromatic amines is 1. The van der Waals surface area contributed by atoms with Gasteiger partial charge in [0, 0.05) is 19.0 Å². The number of benzene rings is 2. The number of nitrogens with one attached hydrogen (secondary N) is 1. The Labute approximate surface area is 186 Å². The standard InChI is InChI=1S/C25H25N3O4/c1-30-21-10-4-5-11-22(21)31-16-18-12-13-23(32-18)25(29)28-14-6-7-17(15-28)24-26-19-8-2-3-9-20(19)27-24/h2-5,8-13,17H,6-7,14-16H2,1H3,(H,26,27). The number of amides is 1. The Morgan fingerprint density at radius 2 is 1.94 bits per heavy atom. The van der Waals surface area contributed by atoms with E-state index in [1.165, 1.54) is 0 Å². The number of imidazole rings is 1. The van der Waals surface area contributed by atoms with Gasteiger partial charge in [0.25, 0.3) is 5.91 Å². The summed E-state index contributed by atoms with van der Waals surface area (Å²) < 4.78 is 16.9. The number of rotatable bonds is 6. The first-order chi connectivity index (χ1) is 15.7. The van der Waals surface area contributed by atoms with Gasteiger partial charge in [0.15, 0.2) is 17.3 Å². The van der Waals surface area contributed by atoms with Crippen LogP contribution in [0.3, 0.4) is 0 Å². The quantitative estimate of drug-likeness (QED) is 0.476. The molecule has 1 aliphatic rings. The lowest BCUT2D eigenvalue weighted by Crippen LogP contribution is -2.39. The van der Waals surface area contributed by atoms with Crippen molar-refractivity contribution >= 4 is 16.9 Å². The van der Waals surface area contributed by atoms with Crippen molar-refractivity contribution in [3.63, 3.8) is 0 Å². The number of hydrogen-bond donors (Lipinski definition) is 1. The van der Waals surface area contributed by atoms with E-state index >= 15 is 0 Å². The molecule has 0 radical (unpaired) electrons. The van der Waals surface area contributed by atoms with Crippen LogP contribution in [0.1, 0.15) is 40.9 Å². The van der Waals surface area contributed by atoms with Crippen LogP contribution in [0.4, 0.5) is 0 Å². The van der Waals surface area contributed by atoms with E-state index in [1.807, 2.05) is 53.4 Å². The summed E-state index contributed by atoms with van der Waals surface area (Å²) in [5.74, 6) is 3.22. The van der Waals surface area contributed by atoms with Crippen LogP contribution in [0.5, 0.6) is 11.5 Å². The molecule has 1 aliphatic heterocycles. The number of para-hydroxylation sites is 4. The first-order valence-electron chi connectivity index (χ1n) is 10.8. The molecule has 4 aromatic rings. The molecule has 0 saturated carbocycles. The van der Waals surface area contributed by atoms with E-state index < -0.39 is 0 Å². The summed E-state index contributed by atoms with van der Waals surface area (Å²) in [7, 11) is 1.60. The average molecular weight is 431 g/mol. The van der Waals surface area contributed by atoms with E-state index in [4.69, 9.17) is 18.9 Å². The second kappa shape index (κ2) is 8.78. The zero-order chi connectivity index (χ0) is 21.9. The number of carbonyl (C=O) groups excluding carboxylic acids is 1. The van der Waals surface area contributed by atoms with E-state index in [1.54, 1.807) is 19.2 Å². The van der Waals surface area contributed by atoms with Crippen LogP contribution in [0.15, 0.2) is 65.1 Å². The normalized spacial score (nSPS) is 16.3. The maximum Gasteiger partial charge on any atom is 0.289 e. The predicted octanol–water partition coefficient (Wildman–Crippen LogP) is 4.76. The Balaban J connectivity index is 1.24. The lowest BCUT2D eigenvalue weighted by molar-refractivity contribution is 0.0668. The van der Waals surface area contributed by atoms with Gasteiger partial charge in [-0.25, -0.2) is 4.98 Å². The minimum atomic E-state index is -0.102. The van der Waals surface area contributed by atoms with Gasteiger partial charge in [-0.1, -0.05) is 24.3 Å². The molecule has 3 heterocycles. The van der Waals surface area contributed by atoms with E-state index in [2.05, 4.69) is 4.98 Å². The van der Waals surface area contributed by atoms with Crippen molar-refractivity contribution in [2.75, 3.05) is 20.2 Å². The van der Waals surface area contributed by atoms with Crippen LogP contribution in [0.2, 0.25) is 0 Å². The zero-order valence-corrected chi connectivity index (χ0v) is 17.9. The van der Waals surface area contributed by atoms with Gasteiger partial charge in [-0.3, -0.25) is 4.79 Å². The van der Waals surface area contributed by atoms with Crippen LogP contribution in [-0.4, -0.2) is 41.0 Å². The first kappa shape index (κ1) is 20.2. The smallest absolute Gasteiger partial charge is 0.289 e. The van der Waals surface area contributed by atoms with E-state index in [-0.39, 0.29) is 18.4 Å². The highest BCUT2D eigenvalue weighted by Gasteiger charge is 2.28. The monoisotopic (exact) mass is 431 g/mol. The third-order valence-corrected chi connectivity index (χ3v) is 5.81. The Morgan fingerprint density at radius 1 is 1.12 bits per heavy atom. The fourth-order valence-electron chi connectivity index (χ4n) is 4.16. The topological polar surface area (TPSA) is 80.6 Å². The third kappa shape index (κ3) is 4.06. The number of hydrogen-bond acceptors (Lipinski definition) is 5. The number of fused-ring (bicyclic) bond motifs is 1. The summed E-state index contributed by atoms with van der Waals surface area (Å²) in [4.78, 5) is 23.1. The second-order valence-corrected chi connectivity index (χ2v) is 7.94. The number of carbonyl (C=O) groups is 1.